The van der Waals surface area contributed by atoms with Gasteiger partial charge in [-0.3, -0.25) is 0 Å². The molecule has 4 nitrogen and oxygen atoms in total. The molecule has 1 heterocycles. The van der Waals surface area contributed by atoms with Crippen molar-refractivity contribution in [3.05, 3.63) is 59.2 Å². The van der Waals surface area contributed by atoms with E-state index >= 15 is 0 Å². The van der Waals surface area contributed by atoms with Gasteiger partial charge in [0, 0.05) is 29.7 Å². The van der Waals surface area contributed by atoms with E-state index in [1.807, 2.05) is 6.08 Å². The molecule has 3 saturated carbocycles. The molecule has 5 heteroatoms. The van der Waals surface area contributed by atoms with Crippen LogP contribution in [0.2, 0.25) is 19.6 Å². The second-order valence-electron chi connectivity index (χ2n) is 14.4. The smallest absolute Gasteiger partial charge is 0.171 e. The Morgan fingerprint density at radius 1 is 1.05 bits per heavy atom. The first kappa shape index (κ1) is 27.5. The van der Waals surface area contributed by atoms with Gasteiger partial charge in [-0.05, 0) is 80.1 Å². The van der Waals surface area contributed by atoms with Crippen molar-refractivity contribution < 1.29 is 19.7 Å². The van der Waals surface area contributed by atoms with Crippen LogP contribution >= 0.6 is 0 Å². The summed E-state index contributed by atoms with van der Waals surface area (Å²) >= 11 is 0. The van der Waals surface area contributed by atoms with E-state index in [0.29, 0.717) is 37.9 Å². The van der Waals surface area contributed by atoms with E-state index in [1.165, 1.54) is 16.7 Å². The predicted molar refractivity (Wildman–Crippen MR) is 158 cm³/mol. The van der Waals surface area contributed by atoms with Gasteiger partial charge >= 0.3 is 0 Å². The second-order valence-corrected chi connectivity index (χ2v) is 19.1. The number of benzene rings is 1. The van der Waals surface area contributed by atoms with Crippen LogP contribution in [-0.4, -0.2) is 48.5 Å². The number of rotatable bonds is 3. The third-order valence-corrected chi connectivity index (χ3v) is 11.8. The van der Waals surface area contributed by atoms with E-state index in [2.05, 4.69) is 68.9 Å². The van der Waals surface area contributed by atoms with Crippen molar-refractivity contribution in [2.45, 2.75) is 107 Å². The van der Waals surface area contributed by atoms with Gasteiger partial charge in [0.15, 0.2) is 5.79 Å². The molecule has 0 amide bonds. The second kappa shape index (κ2) is 9.43. The van der Waals surface area contributed by atoms with Crippen molar-refractivity contribution in [2.75, 3.05) is 13.2 Å². The van der Waals surface area contributed by atoms with Gasteiger partial charge < -0.3 is 19.7 Å². The van der Waals surface area contributed by atoms with Crippen molar-refractivity contribution in [2.24, 2.45) is 17.3 Å². The molecule has 0 unspecified atom stereocenters. The van der Waals surface area contributed by atoms with Crippen LogP contribution in [0.25, 0.3) is 0 Å². The summed E-state index contributed by atoms with van der Waals surface area (Å²) < 4.78 is 12.2. The fraction of sp³-hybridized carbons (Fsp3) is 0.647. The molecule has 4 aliphatic carbocycles. The maximum Gasteiger partial charge on any atom is 0.171 e. The average molecular weight is 547 g/mol. The van der Waals surface area contributed by atoms with Gasteiger partial charge in [0.05, 0.1) is 24.4 Å². The molecule has 0 radical (unpaired) electrons. The number of allylic oxidation sites excluding steroid dienone is 1. The van der Waals surface area contributed by atoms with Crippen molar-refractivity contribution in [3.8, 4) is 11.5 Å². The number of hydrogen-bond acceptors (Lipinski definition) is 4. The molecule has 6 atom stereocenters. The number of ether oxygens (including phenoxy) is 2. The Balaban J connectivity index is 1.44. The highest BCUT2D eigenvalue weighted by atomic mass is 28.3. The summed E-state index contributed by atoms with van der Waals surface area (Å²) in [5.74, 6) is 3.75. The summed E-state index contributed by atoms with van der Waals surface area (Å²) in [7, 11) is -1.45. The van der Waals surface area contributed by atoms with Gasteiger partial charge in [0.1, 0.15) is 8.07 Å². The lowest BCUT2D eigenvalue weighted by Gasteiger charge is -2.57. The highest BCUT2D eigenvalue weighted by Gasteiger charge is 2.64. The van der Waals surface area contributed by atoms with Crippen molar-refractivity contribution in [1.29, 1.82) is 0 Å². The van der Waals surface area contributed by atoms with Gasteiger partial charge in [-0.2, -0.15) is 0 Å². The zero-order chi connectivity index (χ0) is 27.7. The average Bonchev–Trinajstić information content (AvgIpc) is 3.43. The molecule has 39 heavy (non-hydrogen) atoms. The summed E-state index contributed by atoms with van der Waals surface area (Å²) in [5.41, 5.74) is 6.75. The van der Waals surface area contributed by atoms with E-state index < -0.39 is 25.1 Å². The van der Waals surface area contributed by atoms with Crippen LogP contribution in [0.1, 0.15) is 81.8 Å². The summed E-state index contributed by atoms with van der Waals surface area (Å²) in [6, 6.07) is 8.87. The SMILES string of the molecule is C=CC[C@]1(O)CC[C@H]2[C@@H]3CC[C@@]4(O)CC5(CCC4=C3[C@@H](c3ccc(C#C[Si](C)(C)C)cc3)C[C@@]21C)OCCO5. The molecule has 2 N–H and O–H groups in total. The van der Waals surface area contributed by atoms with Crippen LogP contribution < -0.4 is 0 Å². The van der Waals surface area contributed by atoms with E-state index in [0.717, 1.165) is 50.5 Å². The van der Waals surface area contributed by atoms with Gasteiger partial charge in [-0.15, -0.1) is 12.1 Å². The lowest BCUT2D eigenvalue weighted by molar-refractivity contribution is -0.208. The Hall–Kier alpha value is -1.68. The van der Waals surface area contributed by atoms with Crippen molar-refractivity contribution >= 4 is 8.07 Å². The van der Waals surface area contributed by atoms with Gasteiger partial charge in [0.2, 0.25) is 0 Å². The summed E-state index contributed by atoms with van der Waals surface area (Å²) in [4.78, 5) is 0. The molecule has 1 aliphatic heterocycles. The van der Waals surface area contributed by atoms with E-state index in [4.69, 9.17) is 9.47 Å². The lowest BCUT2D eigenvalue weighted by atomic mass is 9.49. The summed E-state index contributed by atoms with van der Waals surface area (Å²) in [6.07, 6.45) is 9.15. The Morgan fingerprint density at radius 3 is 2.44 bits per heavy atom. The Bertz CT molecular complexity index is 1230. The van der Waals surface area contributed by atoms with Crippen LogP contribution in [0.15, 0.2) is 48.1 Å². The van der Waals surface area contributed by atoms with Crippen molar-refractivity contribution in [3.63, 3.8) is 0 Å². The van der Waals surface area contributed by atoms with E-state index in [9.17, 15) is 10.2 Å². The first-order valence-corrected chi connectivity index (χ1v) is 18.6. The maximum atomic E-state index is 12.2. The fourth-order valence-corrected chi connectivity index (χ4v) is 9.56. The highest BCUT2D eigenvalue weighted by molar-refractivity contribution is 6.83. The zero-order valence-corrected chi connectivity index (χ0v) is 25.3. The van der Waals surface area contributed by atoms with Crippen LogP contribution in [0.5, 0.6) is 0 Å². The summed E-state index contributed by atoms with van der Waals surface area (Å²) in [5, 5.41) is 24.2. The Labute approximate surface area is 235 Å². The topological polar surface area (TPSA) is 58.9 Å². The third-order valence-electron chi connectivity index (χ3n) is 10.9. The van der Waals surface area contributed by atoms with Crippen LogP contribution in [-0.2, 0) is 9.47 Å². The van der Waals surface area contributed by atoms with Crippen molar-refractivity contribution in [1.82, 2.24) is 0 Å². The Kier molecular flexibility index (Phi) is 6.64. The van der Waals surface area contributed by atoms with Crippen LogP contribution in [0, 0.1) is 28.7 Å². The normalized spacial score (nSPS) is 39.0. The monoisotopic (exact) mass is 546 g/mol. The number of fused-ring (bicyclic) bond motifs is 4. The quantitative estimate of drug-likeness (QED) is 0.258. The molecule has 1 aromatic carbocycles. The molecule has 1 saturated heterocycles. The van der Waals surface area contributed by atoms with Gasteiger partial charge in [-0.1, -0.05) is 56.3 Å². The van der Waals surface area contributed by atoms with E-state index in [-0.39, 0.29) is 11.3 Å². The first-order chi connectivity index (χ1) is 18.4. The first-order valence-electron chi connectivity index (χ1n) is 15.1. The molecule has 0 aromatic heterocycles. The number of hydrogen-bond donors (Lipinski definition) is 2. The third kappa shape index (κ3) is 4.52. The highest BCUT2D eigenvalue weighted by Crippen LogP contribution is 2.68. The predicted octanol–water partition coefficient (Wildman–Crippen LogP) is 6.49. The zero-order valence-electron chi connectivity index (χ0n) is 24.3. The standard InChI is InChI=1S/C34H46O4Si/c1-6-15-33(36)17-12-28-26-11-16-32(35)23-34(37-19-20-38-34)18-13-29(32)30(26)27(22-31(28,33)2)25-9-7-24(8-10-25)14-21-39(3,4)5/h6-10,26-28,35-36H,1,11-13,15-20,22-23H2,2-5H3/t26-,27+,28-,31-,32+,33-/m0/s1. The van der Waals surface area contributed by atoms with Gasteiger partial charge in [-0.25, -0.2) is 0 Å². The molecular formula is C34H46O4Si. The summed E-state index contributed by atoms with van der Waals surface area (Å²) in [6.45, 7) is 14.4. The molecular weight excluding hydrogens is 500 g/mol. The Morgan fingerprint density at radius 2 is 1.77 bits per heavy atom. The minimum absolute atomic E-state index is 0.172. The minimum Gasteiger partial charge on any atom is -0.389 e. The maximum absolute atomic E-state index is 12.2. The van der Waals surface area contributed by atoms with Crippen LogP contribution in [0.3, 0.4) is 0 Å². The fourth-order valence-electron chi connectivity index (χ4n) is 9.04. The lowest BCUT2D eigenvalue weighted by Crippen LogP contribution is -2.55. The minimum atomic E-state index is -1.45. The molecule has 1 spiro atoms. The molecule has 4 fully saturated rings. The van der Waals surface area contributed by atoms with Crippen LogP contribution in [0.4, 0.5) is 0 Å². The number of aliphatic hydroxyl groups is 2. The van der Waals surface area contributed by atoms with Gasteiger partial charge in [0.25, 0.3) is 0 Å². The molecule has 6 rings (SSSR count). The largest absolute Gasteiger partial charge is 0.389 e. The molecule has 1 aromatic rings. The van der Waals surface area contributed by atoms with E-state index in [1.54, 1.807) is 0 Å². The molecule has 210 valence electrons. The molecule has 5 aliphatic rings. The molecule has 0 bridgehead atoms.